The Morgan fingerprint density at radius 1 is 1.05 bits per heavy atom. The molecule has 2 aromatic carbocycles. The molecule has 0 heterocycles. The van der Waals surface area contributed by atoms with Crippen LogP contribution in [0, 0.1) is 0 Å². The van der Waals surface area contributed by atoms with E-state index in [9.17, 15) is 9.59 Å². The van der Waals surface area contributed by atoms with Crippen LogP contribution in [-0.4, -0.2) is 23.5 Å². The molecule has 1 amide bonds. The first-order valence-electron chi connectivity index (χ1n) is 6.17. The van der Waals surface area contributed by atoms with Gasteiger partial charge in [0, 0.05) is 16.4 Å². The number of carboxylic acids is 1. The van der Waals surface area contributed by atoms with E-state index < -0.39 is 5.97 Å². The second-order valence-corrected chi connectivity index (χ2v) is 4.74. The van der Waals surface area contributed by atoms with Crippen LogP contribution in [0.25, 0.3) is 0 Å². The summed E-state index contributed by atoms with van der Waals surface area (Å²) in [6.45, 7) is 0.0684. The Kier molecular flexibility index (Phi) is 4.79. The molecule has 0 aromatic heterocycles. The third kappa shape index (κ3) is 4.50. The molecule has 0 atom stereocenters. The van der Waals surface area contributed by atoms with Crippen LogP contribution < -0.4 is 10.6 Å². The van der Waals surface area contributed by atoms with Crippen LogP contribution in [-0.2, 0) is 4.79 Å². The smallest absolute Gasteiger partial charge is 0.335 e. The van der Waals surface area contributed by atoms with Crippen LogP contribution in [0.5, 0.6) is 0 Å². The quantitative estimate of drug-likeness (QED) is 0.793. The summed E-state index contributed by atoms with van der Waals surface area (Å²) in [5, 5.41) is 14.7. The molecule has 5 nitrogen and oxygen atoms in total. The minimum atomic E-state index is -1.10. The van der Waals surface area contributed by atoms with Crippen molar-refractivity contribution in [2.75, 3.05) is 17.2 Å². The highest BCUT2D eigenvalue weighted by Gasteiger charge is 2.08. The molecule has 0 aliphatic carbocycles. The molecule has 0 aliphatic heterocycles. The van der Waals surface area contributed by atoms with Gasteiger partial charge in [0.2, 0.25) is 5.91 Å². The monoisotopic (exact) mass is 304 g/mol. The number of para-hydroxylation sites is 1. The van der Waals surface area contributed by atoms with Crippen molar-refractivity contribution in [3.63, 3.8) is 0 Å². The first kappa shape index (κ1) is 14.9. The lowest BCUT2D eigenvalue weighted by Gasteiger charge is -2.09. The predicted octanol–water partition coefficient (Wildman–Crippen LogP) is 3.09. The fraction of sp³-hybridized carbons (Fsp3) is 0.0667. The van der Waals surface area contributed by atoms with Crippen molar-refractivity contribution in [2.24, 2.45) is 0 Å². The number of carbonyl (C=O) groups is 2. The van der Waals surface area contributed by atoms with Crippen molar-refractivity contribution in [3.05, 3.63) is 59.1 Å². The first-order chi connectivity index (χ1) is 10.0. The molecule has 0 saturated carbocycles. The molecular weight excluding hydrogens is 292 g/mol. The molecule has 3 N–H and O–H groups in total. The SMILES string of the molecule is O=C(CNc1ccccc1)Nc1cc(Cl)cc(C(=O)O)c1. The first-order valence-corrected chi connectivity index (χ1v) is 6.55. The molecule has 0 bridgehead atoms. The largest absolute Gasteiger partial charge is 0.478 e. The van der Waals surface area contributed by atoms with Gasteiger partial charge in [0.15, 0.2) is 0 Å². The Hall–Kier alpha value is -2.53. The summed E-state index contributed by atoms with van der Waals surface area (Å²) in [4.78, 5) is 22.7. The maximum atomic E-state index is 11.8. The molecule has 0 radical (unpaired) electrons. The number of halogens is 1. The number of hydrogen-bond donors (Lipinski definition) is 3. The van der Waals surface area contributed by atoms with Crippen LogP contribution in [0.1, 0.15) is 10.4 Å². The zero-order chi connectivity index (χ0) is 15.2. The molecule has 0 aliphatic rings. The van der Waals surface area contributed by atoms with Gasteiger partial charge in [-0.05, 0) is 30.3 Å². The van der Waals surface area contributed by atoms with Gasteiger partial charge in [-0.25, -0.2) is 4.79 Å². The zero-order valence-corrected chi connectivity index (χ0v) is 11.7. The third-order valence-electron chi connectivity index (χ3n) is 2.66. The molecule has 108 valence electrons. The van der Waals surface area contributed by atoms with E-state index in [1.54, 1.807) is 0 Å². The number of nitrogens with one attached hydrogen (secondary N) is 2. The molecule has 0 fully saturated rings. The Labute approximate surface area is 126 Å². The number of aromatic carboxylic acids is 1. The lowest BCUT2D eigenvalue weighted by atomic mass is 10.2. The van der Waals surface area contributed by atoms with E-state index in [-0.39, 0.29) is 23.0 Å². The fourth-order valence-electron chi connectivity index (χ4n) is 1.73. The number of carboxylic acid groups (broad SMARTS) is 1. The van der Waals surface area contributed by atoms with E-state index in [1.165, 1.54) is 18.2 Å². The van der Waals surface area contributed by atoms with Gasteiger partial charge in [0.1, 0.15) is 0 Å². The normalized spacial score (nSPS) is 9.95. The topological polar surface area (TPSA) is 78.4 Å². The molecule has 0 saturated heterocycles. The van der Waals surface area contributed by atoms with Crippen LogP contribution >= 0.6 is 11.6 Å². The van der Waals surface area contributed by atoms with Gasteiger partial charge in [0.05, 0.1) is 12.1 Å². The standard InChI is InChI=1S/C15H13ClN2O3/c16-11-6-10(15(20)21)7-13(8-11)18-14(19)9-17-12-4-2-1-3-5-12/h1-8,17H,9H2,(H,18,19)(H,20,21). The van der Waals surface area contributed by atoms with Crippen molar-refractivity contribution in [2.45, 2.75) is 0 Å². The van der Waals surface area contributed by atoms with Crippen molar-refractivity contribution < 1.29 is 14.7 Å². The second kappa shape index (κ2) is 6.76. The van der Waals surface area contributed by atoms with Gasteiger partial charge in [-0.2, -0.15) is 0 Å². The number of rotatable bonds is 5. The van der Waals surface area contributed by atoms with Crippen molar-refractivity contribution in [1.29, 1.82) is 0 Å². The lowest BCUT2D eigenvalue weighted by Crippen LogP contribution is -2.21. The summed E-state index contributed by atoms with van der Waals surface area (Å²) in [5.74, 6) is -1.40. The second-order valence-electron chi connectivity index (χ2n) is 4.30. The van der Waals surface area contributed by atoms with Gasteiger partial charge in [-0.15, -0.1) is 0 Å². The molecule has 2 rings (SSSR count). The highest BCUT2D eigenvalue weighted by atomic mass is 35.5. The number of hydrogen-bond acceptors (Lipinski definition) is 3. The van der Waals surface area contributed by atoms with E-state index in [2.05, 4.69) is 10.6 Å². The minimum Gasteiger partial charge on any atom is -0.478 e. The van der Waals surface area contributed by atoms with Crippen molar-refractivity contribution in [3.8, 4) is 0 Å². The summed E-state index contributed by atoms with van der Waals surface area (Å²) in [7, 11) is 0. The van der Waals surface area contributed by atoms with Gasteiger partial charge >= 0.3 is 5.97 Å². The lowest BCUT2D eigenvalue weighted by molar-refractivity contribution is -0.114. The number of amides is 1. The Balaban J connectivity index is 1.98. The molecule has 21 heavy (non-hydrogen) atoms. The Bertz CT molecular complexity index is 659. The van der Waals surface area contributed by atoms with Gasteiger partial charge in [0.25, 0.3) is 0 Å². The van der Waals surface area contributed by atoms with Crippen LogP contribution in [0.2, 0.25) is 5.02 Å². The fourth-order valence-corrected chi connectivity index (χ4v) is 1.96. The number of anilines is 2. The Morgan fingerprint density at radius 3 is 2.43 bits per heavy atom. The molecule has 6 heteroatoms. The van der Waals surface area contributed by atoms with E-state index in [0.717, 1.165) is 5.69 Å². The average Bonchev–Trinajstić information content (AvgIpc) is 2.45. The van der Waals surface area contributed by atoms with E-state index in [4.69, 9.17) is 16.7 Å². The zero-order valence-electron chi connectivity index (χ0n) is 11.0. The van der Waals surface area contributed by atoms with Crippen LogP contribution in [0.15, 0.2) is 48.5 Å². The van der Waals surface area contributed by atoms with Crippen molar-refractivity contribution in [1.82, 2.24) is 0 Å². The average molecular weight is 305 g/mol. The van der Waals surface area contributed by atoms with Crippen molar-refractivity contribution >= 4 is 34.9 Å². The number of benzene rings is 2. The summed E-state index contributed by atoms with van der Waals surface area (Å²) < 4.78 is 0. The highest BCUT2D eigenvalue weighted by Crippen LogP contribution is 2.19. The van der Waals surface area contributed by atoms with Gasteiger partial charge < -0.3 is 15.7 Å². The summed E-state index contributed by atoms with van der Waals surface area (Å²) in [5.41, 5.74) is 1.19. The van der Waals surface area contributed by atoms with E-state index in [0.29, 0.717) is 5.69 Å². The van der Waals surface area contributed by atoms with Crippen LogP contribution in [0.4, 0.5) is 11.4 Å². The highest BCUT2D eigenvalue weighted by molar-refractivity contribution is 6.31. The third-order valence-corrected chi connectivity index (χ3v) is 2.87. The molecule has 2 aromatic rings. The minimum absolute atomic E-state index is 0.0221. The van der Waals surface area contributed by atoms with E-state index >= 15 is 0 Å². The maximum absolute atomic E-state index is 11.8. The molecule has 0 unspecified atom stereocenters. The molecular formula is C15H13ClN2O3. The number of carbonyl (C=O) groups excluding carboxylic acids is 1. The molecule has 0 spiro atoms. The van der Waals surface area contributed by atoms with Gasteiger partial charge in [-0.3, -0.25) is 4.79 Å². The summed E-state index contributed by atoms with van der Waals surface area (Å²) in [6.07, 6.45) is 0. The predicted molar refractivity (Wildman–Crippen MR) is 82.0 cm³/mol. The summed E-state index contributed by atoms with van der Waals surface area (Å²) >= 11 is 5.82. The van der Waals surface area contributed by atoms with Crippen LogP contribution in [0.3, 0.4) is 0 Å². The summed E-state index contributed by atoms with van der Waals surface area (Å²) in [6, 6.07) is 13.5. The van der Waals surface area contributed by atoms with E-state index in [1.807, 2.05) is 30.3 Å². The maximum Gasteiger partial charge on any atom is 0.335 e. The Morgan fingerprint density at radius 2 is 1.76 bits per heavy atom. The van der Waals surface area contributed by atoms with Gasteiger partial charge in [-0.1, -0.05) is 29.8 Å².